The molecule has 1 aliphatic rings. The number of likely N-dealkylation sites (tertiary alicyclic amines) is 1. The van der Waals surface area contributed by atoms with Crippen LogP contribution in [0, 0.1) is 5.92 Å². The molecule has 0 radical (unpaired) electrons. The first-order valence-electron chi connectivity index (χ1n) is 6.36. The first-order valence-corrected chi connectivity index (χ1v) is 7.18. The van der Waals surface area contributed by atoms with E-state index in [9.17, 15) is 5.11 Å². The van der Waals surface area contributed by atoms with Gasteiger partial charge in [0, 0.05) is 13.1 Å². The Morgan fingerprint density at radius 1 is 1.39 bits per heavy atom. The fourth-order valence-electron chi connectivity index (χ4n) is 2.38. The molecule has 3 nitrogen and oxygen atoms in total. The number of nitrogens with zero attached hydrogens (tertiary/aromatic N) is 2. The first kappa shape index (κ1) is 12.1. The number of hydrogen-bond donors (Lipinski definition) is 1. The van der Waals surface area contributed by atoms with Crippen molar-refractivity contribution in [3.63, 3.8) is 0 Å². The zero-order chi connectivity index (χ0) is 12.8. The van der Waals surface area contributed by atoms with Crippen molar-refractivity contribution in [2.24, 2.45) is 5.92 Å². The van der Waals surface area contributed by atoms with E-state index in [1.165, 1.54) is 4.70 Å². The van der Waals surface area contributed by atoms with Crippen LogP contribution in [0.1, 0.15) is 18.9 Å². The summed E-state index contributed by atoms with van der Waals surface area (Å²) in [5.41, 5.74) is 0.591. The third kappa shape index (κ3) is 2.05. The average molecular weight is 262 g/mol. The van der Waals surface area contributed by atoms with Crippen molar-refractivity contribution >= 4 is 21.6 Å². The number of thiazole rings is 1. The topological polar surface area (TPSA) is 36.4 Å². The number of aromatic nitrogens is 1. The zero-order valence-electron chi connectivity index (χ0n) is 10.8. The molecule has 2 aromatic rings. The van der Waals surface area contributed by atoms with Gasteiger partial charge in [0.2, 0.25) is 0 Å². The smallest absolute Gasteiger partial charge is 0.108 e. The average Bonchev–Trinajstić information content (AvgIpc) is 2.68. The van der Waals surface area contributed by atoms with Crippen molar-refractivity contribution in [3.8, 4) is 0 Å². The van der Waals surface area contributed by atoms with Crippen LogP contribution in [-0.4, -0.2) is 33.7 Å². The summed E-state index contributed by atoms with van der Waals surface area (Å²) in [6.07, 6.45) is 0. The zero-order valence-corrected chi connectivity index (χ0v) is 11.6. The Hall–Kier alpha value is -0.970. The van der Waals surface area contributed by atoms with E-state index >= 15 is 0 Å². The predicted molar refractivity (Wildman–Crippen MR) is 74.7 cm³/mol. The standard InChI is InChI=1S/C14H18N2OS/c1-10(2)14(17)8-16(9-14)7-13-15-11-5-3-4-6-12(11)18-13/h3-6,10,17H,7-9H2,1-2H3. The van der Waals surface area contributed by atoms with E-state index < -0.39 is 5.60 Å². The van der Waals surface area contributed by atoms with Gasteiger partial charge >= 0.3 is 0 Å². The molecule has 1 aromatic carbocycles. The van der Waals surface area contributed by atoms with E-state index in [2.05, 4.69) is 35.9 Å². The molecule has 1 aromatic heterocycles. The Morgan fingerprint density at radius 3 is 2.78 bits per heavy atom. The lowest BCUT2D eigenvalue weighted by Gasteiger charge is -2.48. The normalized spacial score (nSPS) is 19.3. The summed E-state index contributed by atoms with van der Waals surface area (Å²) in [5.74, 6) is 0.323. The highest BCUT2D eigenvalue weighted by atomic mass is 32.1. The van der Waals surface area contributed by atoms with Gasteiger partial charge < -0.3 is 5.11 Å². The number of aliphatic hydroxyl groups is 1. The van der Waals surface area contributed by atoms with Gasteiger partial charge in [-0.1, -0.05) is 26.0 Å². The molecule has 0 amide bonds. The Kier molecular flexibility index (Phi) is 2.88. The maximum atomic E-state index is 10.2. The quantitative estimate of drug-likeness (QED) is 0.923. The molecule has 0 saturated carbocycles. The molecule has 0 unspecified atom stereocenters. The molecule has 96 valence electrons. The van der Waals surface area contributed by atoms with Gasteiger partial charge in [-0.25, -0.2) is 4.98 Å². The lowest BCUT2D eigenvalue weighted by Crippen LogP contribution is -2.63. The predicted octanol–water partition coefficient (Wildman–Crippen LogP) is 2.50. The first-order chi connectivity index (χ1) is 8.57. The Morgan fingerprint density at radius 2 is 2.11 bits per heavy atom. The number of benzene rings is 1. The molecule has 1 saturated heterocycles. The number of para-hydroxylation sites is 1. The second-order valence-electron chi connectivity index (χ2n) is 5.48. The van der Waals surface area contributed by atoms with Crippen molar-refractivity contribution < 1.29 is 5.11 Å². The SMILES string of the molecule is CC(C)C1(O)CN(Cc2nc3ccccc3s2)C1. The molecular formula is C14H18N2OS. The van der Waals surface area contributed by atoms with Gasteiger partial charge in [0.15, 0.2) is 0 Å². The summed E-state index contributed by atoms with van der Waals surface area (Å²) in [4.78, 5) is 6.88. The van der Waals surface area contributed by atoms with Crippen LogP contribution >= 0.6 is 11.3 Å². The van der Waals surface area contributed by atoms with Gasteiger partial charge in [-0.05, 0) is 18.1 Å². The van der Waals surface area contributed by atoms with Crippen LogP contribution in [0.25, 0.3) is 10.2 Å². The van der Waals surface area contributed by atoms with Crippen LogP contribution in [0.3, 0.4) is 0 Å². The third-order valence-electron chi connectivity index (χ3n) is 3.77. The molecular weight excluding hydrogens is 244 g/mol. The van der Waals surface area contributed by atoms with Crippen LogP contribution in [0.4, 0.5) is 0 Å². The van der Waals surface area contributed by atoms with Gasteiger partial charge in [-0.3, -0.25) is 4.90 Å². The summed E-state index contributed by atoms with van der Waals surface area (Å²) in [6, 6.07) is 8.23. The van der Waals surface area contributed by atoms with E-state index in [-0.39, 0.29) is 0 Å². The van der Waals surface area contributed by atoms with Gasteiger partial charge in [-0.15, -0.1) is 11.3 Å². The largest absolute Gasteiger partial charge is 0.387 e. The fraction of sp³-hybridized carbons (Fsp3) is 0.500. The molecule has 1 aliphatic heterocycles. The van der Waals surface area contributed by atoms with Gasteiger partial charge in [0.05, 0.1) is 22.4 Å². The monoisotopic (exact) mass is 262 g/mol. The van der Waals surface area contributed by atoms with E-state index in [0.29, 0.717) is 5.92 Å². The number of hydrogen-bond acceptors (Lipinski definition) is 4. The number of rotatable bonds is 3. The summed E-state index contributed by atoms with van der Waals surface area (Å²) >= 11 is 1.75. The lowest BCUT2D eigenvalue weighted by atomic mass is 9.83. The van der Waals surface area contributed by atoms with Gasteiger partial charge in [0.25, 0.3) is 0 Å². The maximum absolute atomic E-state index is 10.2. The molecule has 2 heterocycles. The molecule has 0 bridgehead atoms. The second-order valence-corrected chi connectivity index (χ2v) is 6.59. The number of fused-ring (bicyclic) bond motifs is 1. The molecule has 0 aliphatic carbocycles. The van der Waals surface area contributed by atoms with Crippen molar-refractivity contribution in [1.82, 2.24) is 9.88 Å². The maximum Gasteiger partial charge on any atom is 0.108 e. The second kappa shape index (κ2) is 4.30. The number of β-amino-alcohol motifs (C(OH)–C–C–N with tert-alkyl or cyclic N) is 1. The van der Waals surface area contributed by atoms with Crippen molar-refractivity contribution in [2.45, 2.75) is 26.0 Å². The highest BCUT2D eigenvalue weighted by molar-refractivity contribution is 7.18. The molecule has 0 spiro atoms. The molecule has 4 heteroatoms. The van der Waals surface area contributed by atoms with E-state index in [1.807, 2.05) is 12.1 Å². The van der Waals surface area contributed by atoms with Crippen LogP contribution in [0.2, 0.25) is 0 Å². The Balaban J connectivity index is 1.68. The Bertz CT molecular complexity index is 525. The van der Waals surface area contributed by atoms with Crippen LogP contribution in [0.15, 0.2) is 24.3 Å². The molecule has 3 rings (SSSR count). The highest BCUT2D eigenvalue weighted by Gasteiger charge is 2.43. The van der Waals surface area contributed by atoms with Crippen molar-refractivity contribution in [2.75, 3.05) is 13.1 Å². The molecule has 0 atom stereocenters. The van der Waals surface area contributed by atoms with Gasteiger partial charge in [0.1, 0.15) is 5.01 Å². The minimum absolute atomic E-state index is 0.323. The van der Waals surface area contributed by atoms with Crippen LogP contribution in [0.5, 0.6) is 0 Å². The molecule has 1 fully saturated rings. The molecule has 1 N–H and O–H groups in total. The van der Waals surface area contributed by atoms with Crippen molar-refractivity contribution in [1.29, 1.82) is 0 Å². The summed E-state index contributed by atoms with van der Waals surface area (Å²) < 4.78 is 1.24. The summed E-state index contributed by atoms with van der Waals surface area (Å²) in [6.45, 7) is 6.54. The summed E-state index contributed by atoms with van der Waals surface area (Å²) in [5, 5.41) is 11.4. The third-order valence-corrected chi connectivity index (χ3v) is 4.79. The Labute approximate surface area is 111 Å². The van der Waals surface area contributed by atoms with Crippen LogP contribution < -0.4 is 0 Å². The fourth-order valence-corrected chi connectivity index (χ4v) is 3.39. The van der Waals surface area contributed by atoms with E-state index in [0.717, 1.165) is 30.2 Å². The van der Waals surface area contributed by atoms with E-state index in [1.54, 1.807) is 11.3 Å². The van der Waals surface area contributed by atoms with Crippen LogP contribution in [-0.2, 0) is 6.54 Å². The lowest BCUT2D eigenvalue weighted by molar-refractivity contribution is -0.130. The molecule has 18 heavy (non-hydrogen) atoms. The van der Waals surface area contributed by atoms with Crippen molar-refractivity contribution in [3.05, 3.63) is 29.3 Å². The minimum Gasteiger partial charge on any atom is -0.387 e. The summed E-state index contributed by atoms with van der Waals surface area (Å²) in [7, 11) is 0. The minimum atomic E-state index is -0.489. The van der Waals surface area contributed by atoms with E-state index in [4.69, 9.17) is 0 Å². The highest BCUT2D eigenvalue weighted by Crippen LogP contribution is 2.31. The van der Waals surface area contributed by atoms with Gasteiger partial charge in [-0.2, -0.15) is 0 Å².